The molecule has 0 amide bonds. The minimum absolute atomic E-state index is 0.300. The fourth-order valence-corrected chi connectivity index (χ4v) is 2.71. The molecule has 1 fully saturated rings. The second-order valence-electron chi connectivity index (χ2n) is 5.33. The molecule has 5 nitrogen and oxygen atoms in total. The van der Waals surface area contributed by atoms with Gasteiger partial charge >= 0.3 is 0 Å². The van der Waals surface area contributed by atoms with Crippen LogP contribution in [0.15, 0.2) is 30.7 Å². The Balaban J connectivity index is 1.68. The molecule has 0 aliphatic carbocycles. The van der Waals surface area contributed by atoms with Crippen LogP contribution in [0.3, 0.4) is 0 Å². The van der Waals surface area contributed by atoms with E-state index in [0.29, 0.717) is 11.5 Å². The van der Waals surface area contributed by atoms with Crippen molar-refractivity contribution in [3.05, 3.63) is 36.3 Å². The van der Waals surface area contributed by atoms with Crippen LogP contribution in [0.25, 0.3) is 0 Å². The van der Waals surface area contributed by atoms with Gasteiger partial charge in [0.15, 0.2) is 11.5 Å². The summed E-state index contributed by atoms with van der Waals surface area (Å²) >= 11 is 0. The molecule has 0 spiro atoms. The van der Waals surface area contributed by atoms with E-state index in [0.717, 1.165) is 25.2 Å². The molecule has 0 bridgehead atoms. The van der Waals surface area contributed by atoms with Crippen molar-refractivity contribution in [3.63, 3.8) is 0 Å². The first-order valence-electron chi connectivity index (χ1n) is 7.02. The van der Waals surface area contributed by atoms with Crippen LogP contribution in [0.4, 0.5) is 0 Å². The van der Waals surface area contributed by atoms with Gasteiger partial charge in [-0.15, -0.1) is 0 Å². The highest BCUT2D eigenvalue weighted by Crippen LogP contribution is 2.33. The quantitative estimate of drug-likeness (QED) is 0.869. The summed E-state index contributed by atoms with van der Waals surface area (Å²) < 4.78 is 10.7. The van der Waals surface area contributed by atoms with Crippen LogP contribution in [-0.4, -0.2) is 35.7 Å². The molecule has 2 aliphatic heterocycles. The standard InChI is InChI=1S/C15H20N2O3/c16-12(10-17-5-1-2-6-17)15(18)11-3-4-13-14(9-11)20-8-7-19-13/h3-4,7-9,12,15,18H,1-2,5-6,10,16H2. The molecule has 2 atom stereocenters. The lowest BCUT2D eigenvalue weighted by Crippen LogP contribution is -2.40. The molecule has 3 rings (SSSR count). The first-order valence-corrected chi connectivity index (χ1v) is 7.02. The highest BCUT2D eigenvalue weighted by molar-refractivity contribution is 5.45. The van der Waals surface area contributed by atoms with Crippen LogP contribution in [0.5, 0.6) is 11.5 Å². The van der Waals surface area contributed by atoms with Gasteiger partial charge in [0.05, 0.1) is 6.10 Å². The van der Waals surface area contributed by atoms with Crippen LogP contribution in [0.2, 0.25) is 0 Å². The number of rotatable bonds is 4. The molecular weight excluding hydrogens is 256 g/mol. The summed E-state index contributed by atoms with van der Waals surface area (Å²) in [6.07, 6.45) is 4.70. The van der Waals surface area contributed by atoms with Gasteiger partial charge in [-0.25, -0.2) is 0 Å². The molecule has 0 aromatic heterocycles. The zero-order chi connectivity index (χ0) is 13.9. The first-order chi connectivity index (χ1) is 9.74. The molecule has 1 saturated heterocycles. The van der Waals surface area contributed by atoms with Crippen LogP contribution >= 0.6 is 0 Å². The third kappa shape index (κ3) is 2.80. The smallest absolute Gasteiger partial charge is 0.169 e. The Labute approximate surface area is 118 Å². The minimum atomic E-state index is -0.699. The number of hydrogen-bond acceptors (Lipinski definition) is 5. The second-order valence-corrected chi connectivity index (χ2v) is 5.33. The molecule has 2 unspecified atom stereocenters. The monoisotopic (exact) mass is 276 g/mol. The van der Waals surface area contributed by atoms with Crippen molar-refractivity contribution in [3.8, 4) is 11.5 Å². The molecular formula is C15H20N2O3. The van der Waals surface area contributed by atoms with Gasteiger partial charge in [0.1, 0.15) is 12.5 Å². The van der Waals surface area contributed by atoms with Gasteiger partial charge in [-0.05, 0) is 43.6 Å². The molecule has 2 heterocycles. The summed E-state index contributed by atoms with van der Waals surface area (Å²) in [5, 5.41) is 10.4. The lowest BCUT2D eigenvalue weighted by atomic mass is 10.0. The number of benzene rings is 1. The van der Waals surface area contributed by atoms with Crippen LogP contribution in [0.1, 0.15) is 24.5 Å². The van der Waals surface area contributed by atoms with Crippen molar-refractivity contribution in [2.24, 2.45) is 5.73 Å². The number of ether oxygens (including phenoxy) is 2. The average Bonchev–Trinajstić information content (AvgIpc) is 2.99. The average molecular weight is 276 g/mol. The number of hydrogen-bond donors (Lipinski definition) is 2. The van der Waals surface area contributed by atoms with E-state index >= 15 is 0 Å². The Hall–Kier alpha value is -1.56. The van der Waals surface area contributed by atoms with Gasteiger partial charge in [-0.1, -0.05) is 6.07 Å². The predicted molar refractivity (Wildman–Crippen MR) is 75.4 cm³/mol. The van der Waals surface area contributed by atoms with E-state index < -0.39 is 6.10 Å². The summed E-state index contributed by atoms with van der Waals surface area (Å²) in [6, 6.07) is 5.11. The number of likely N-dealkylation sites (tertiary alicyclic amines) is 1. The molecule has 0 saturated carbocycles. The molecule has 3 N–H and O–H groups in total. The lowest BCUT2D eigenvalue weighted by Gasteiger charge is -2.25. The summed E-state index contributed by atoms with van der Waals surface area (Å²) in [5.74, 6) is 1.26. The topological polar surface area (TPSA) is 68.0 Å². The molecule has 108 valence electrons. The summed E-state index contributed by atoms with van der Waals surface area (Å²) in [7, 11) is 0. The third-order valence-corrected chi connectivity index (χ3v) is 3.83. The Morgan fingerprint density at radius 1 is 1.15 bits per heavy atom. The van der Waals surface area contributed by atoms with Gasteiger partial charge in [0.2, 0.25) is 0 Å². The van der Waals surface area contributed by atoms with Gasteiger partial charge in [-0.3, -0.25) is 0 Å². The lowest BCUT2D eigenvalue weighted by molar-refractivity contribution is 0.125. The fraction of sp³-hybridized carbons (Fsp3) is 0.467. The largest absolute Gasteiger partial charge is 0.458 e. The predicted octanol–water partition coefficient (Wildman–Crippen LogP) is 1.39. The van der Waals surface area contributed by atoms with Gasteiger partial charge in [-0.2, -0.15) is 0 Å². The molecule has 1 aromatic carbocycles. The van der Waals surface area contributed by atoms with Gasteiger partial charge in [0.25, 0.3) is 0 Å². The number of aliphatic hydroxyl groups excluding tert-OH is 1. The van der Waals surface area contributed by atoms with Crippen LogP contribution < -0.4 is 15.2 Å². The number of fused-ring (bicyclic) bond motifs is 1. The van der Waals surface area contributed by atoms with Crippen molar-refractivity contribution in [2.75, 3.05) is 19.6 Å². The van der Waals surface area contributed by atoms with Crippen molar-refractivity contribution < 1.29 is 14.6 Å². The maximum absolute atomic E-state index is 10.4. The molecule has 1 aromatic rings. The van der Waals surface area contributed by atoms with E-state index in [9.17, 15) is 5.11 Å². The van der Waals surface area contributed by atoms with Gasteiger partial charge < -0.3 is 25.2 Å². The molecule has 2 aliphatic rings. The normalized spacial score (nSPS) is 20.9. The molecule has 0 radical (unpaired) electrons. The second kappa shape index (κ2) is 5.83. The fourth-order valence-electron chi connectivity index (χ4n) is 2.71. The number of aliphatic hydroxyl groups is 1. The highest BCUT2D eigenvalue weighted by atomic mass is 16.5. The number of nitrogens with zero attached hydrogens (tertiary/aromatic N) is 1. The number of nitrogens with two attached hydrogens (primary N) is 1. The van der Waals surface area contributed by atoms with Gasteiger partial charge in [0, 0.05) is 12.6 Å². The summed E-state index contributed by atoms with van der Waals surface area (Å²) in [4.78, 5) is 2.30. The highest BCUT2D eigenvalue weighted by Gasteiger charge is 2.23. The van der Waals surface area contributed by atoms with Crippen molar-refractivity contribution in [2.45, 2.75) is 25.0 Å². The zero-order valence-corrected chi connectivity index (χ0v) is 11.4. The van der Waals surface area contributed by atoms with Crippen molar-refractivity contribution in [1.29, 1.82) is 0 Å². The molecule has 5 heteroatoms. The van der Waals surface area contributed by atoms with E-state index in [1.807, 2.05) is 6.07 Å². The minimum Gasteiger partial charge on any atom is -0.458 e. The Morgan fingerprint density at radius 2 is 1.85 bits per heavy atom. The van der Waals surface area contributed by atoms with E-state index in [1.54, 1.807) is 12.1 Å². The van der Waals surface area contributed by atoms with E-state index in [4.69, 9.17) is 15.2 Å². The van der Waals surface area contributed by atoms with E-state index in [2.05, 4.69) is 4.90 Å². The van der Waals surface area contributed by atoms with Crippen molar-refractivity contribution in [1.82, 2.24) is 4.90 Å². The van der Waals surface area contributed by atoms with Crippen molar-refractivity contribution >= 4 is 0 Å². The summed E-state index contributed by atoms with van der Waals surface area (Å²) in [5.41, 5.74) is 6.89. The van der Waals surface area contributed by atoms with Crippen LogP contribution in [-0.2, 0) is 0 Å². The van der Waals surface area contributed by atoms with Crippen LogP contribution in [0, 0.1) is 0 Å². The first kappa shape index (κ1) is 13.4. The maximum Gasteiger partial charge on any atom is 0.169 e. The Kier molecular flexibility index (Phi) is 3.91. The summed E-state index contributed by atoms with van der Waals surface area (Å²) in [6.45, 7) is 2.87. The van der Waals surface area contributed by atoms with E-state index in [1.165, 1.54) is 25.4 Å². The van der Waals surface area contributed by atoms with E-state index in [-0.39, 0.29) is 6.04 Å². The third-order valence-electron chi connectivity index (χ3n) is 3.83. The Bertz CT molecular complexity index is 498. The SMILES string of the molecule is NC(CN1CCCC1)C(O)c1ccc2c(c1)OC=CO2. The molecule has 20 heavy (non-hydrogen) atoms. The maximum atomic E-state index is 10.4. The Morgan fingerprint density at radius 3 is 2.60 bits per heavy atom. The zero-order valence-electron chi connectivity index (χ0n) is 11.4.